The summed E-state index contributed by atoms with van der Waals surface area (Å²) in [5.41, 5.74) is 5.91. The Morgan fingerprint density at radius 1 is 1.12 bits per heavy atom. The Hall–Kier alpha value is -1.56. The molecular formula is C17H18. The van der Waals surface area contributed by atoms with Crippen molar-refractivity contribution < 1.29 is 0 Å². The highest BCUT2D eigenvalue weighted by molar-refractivity contribution is 5.74. The average Bonchev–Trinajstić information content (AvgIpc) is 2.48. The van der Waals surface area contributed by atoms with Crippen molar-refractivity contribution in [1.82, 2.24) is 0 Å². The highest BCUT2D eigenvalue weighted by atomic mass is 14.3. The van der Waals surface area contributed by atoms with Crippen molar-refractivity contribution in [2.24, 2.45) is 5.92 Å². The Labute approximate surface area is 103 Å². The van der Waals surface area contributed by atoms with E-state index < -0.39 is 0 Å². The topological polar surface area (TPSA) is 0 Å². The van der Waals surface area contributed by atoms with Gasteiger partial charge in [-0.3, -0.25) is 0 Å². The summed E-state index contributed by atoms with van der Waals surface area (Å²) in [6, 6.07) is 8.86. The molecule has 0 N–H and O–H groups in total. The van der Waals surface area contributed by atoms with Crippen LogP contribution in [-0.4, -0.2) is 0 Å². The third-order valence-electron chi connectivity index (χ3n) is 4.07. The van der Waals surface area contributed by atoms with Gasteiger partial charge in [0.15, 0.2) is 0 Å². The molecule has 0 aromatic heterocycles. The van der Waals surface area contributed by atoms with Gasteiger partial charge in [0.1, 0.15) is 0 Å². The zero-order valence-electron chi connectivity index (χ0n) is 10.5. The average molecular weight is 222 g/mol. The summed E-state index contributed by atoms with van der Waals surface area (Å²) in [7, 11) is 0. The fraction of sp³-hybridized carbons (Fsp3) is 0.294. The van der Waals surface area contributed by atoms with E-state index in [2.05, 4.69) is 62.4 Å². The van der Waals surface area contributed by atoms with Crippen molar-refractivity contribution in [1.29, 1.82) is 0 Å². The number of benzene rings is 1. The molecule has 2 aliphatic carbocycles. The smallest absolute Gasteiger partial charge is 0.00296 e. The van der Waals surface area contributed by atoms with E-state index in [9.17, 15) is 0 Å². The molecule has 0 saturated carbocycles. The quantitative estimate of drug-likeness (QED) is 0.596. The second-order valence-electron chi connectivity index (χ2n) is 5.15. The molecule has 0 aliphatic heterocycles. The lowest BCUT2D eigenvalue weighted by atomic mass is 9.86. The molecule has 0 heterocycles. The first-order chi connectivity index (χ1) is 8.27. The summed E-state index contributed by atoms with van der Waals surface area (Å²) >= 11 is 0. The lowest BCUT2D eigenvalue weighted by molar-refractivity contribution is 0.599. The van der Waals surface area contributed by atoms with Crippen LogP contribution in [0.3, 0.4) is 0 Å². The molecule has 0 nitrogen and oxygen atoms in total. The monoisotopic (exact) mass is 222 g/mol. The molecule has 86 valence electrons. The lowest BCUT2D eigenvalue weighted by Gasteiger charge is -2.18. The standard InChI is InChI=1S/C17H18/c1-12-11-14-7-3-4-9-16(14)13(2)17-10-6-5-8-15(12)17/h3-10,12,14H,11H2,1-2H3. The Bertz CT molecular complexity index is 529. The zero-order valence-corrected chi connectivity index (χ0v) is 10.5. The van der Waals surface area contributed by atoms with Crippen LogP contribution >= 0.6 is 0 Å². The zero-order chi connectivity index (χ0) is 11.8. The van der Waals surface area contributed by atoms with Crippen LogP contribution in [0.1, 0.15) is 37.3 Å². The summed E-state index contributed by atoms with van der Waals surface area (Å²) in [6.45, 7) is 4.62. The molecule has 0 spiro atoms. The first kappa shape index (κ1) is 10.6. The van der Waals surface area contributed by atoms with E-state index in [0.717, 1.165) is 0 Å². The summed E-state index contributed by atoms with van der Waals surface area (Å²) in [5.74, 6) is 1.24. The van der Waals surface area contributed by atoms with Crippen molar-refractivity contribution in [2.45, 2.75) is 26.2 Å². The fourth-order valence-corrected chi connectivity index (χ4v) is 3.12. The minimum absolute atomic E-state index is 0.599. The van der Waals surface area contributed by atoms with Gasteiger partial charge in [0.2, 0.25) is 0 Å². The highest BCUT2D eigenvalue weighted by Crippen LogP contribution is 2.41. The first-order valence-corrected chi connectivity index (χ1v) is 6.42. The van der Waals surface area contributed by atoms with E-state index in [1.807, 2.05) is 0 Å². The number of rotatable bonds is 0. The second-order valence-corrected chi connectivity index (χ2v) is 5.15. The molecule has 0 bridgehead atoms. The molecule has 17 heavy (non-hydrogen) atoms. The van der Waals surface area contributed by atoms with Crippen LogP contribution in [0.5, 0.6) is 0 Å². The third kappa shape index (κ3) is 1.68. The number of allylic oxidation sites excluding steroid dienone is 6. The molecule has 1 aromatic carbocycles. The largest absolute Gasteiger partial charge is 0.0770 e. The SMILES string of the molecule is CC1=C2C=CC=CC2CC(C)c2ccccc21. The summed E-state index contributed by atoms with van der Waals surface area (Å²) in [6.07, 6.45) is 10.2. The number of hydrogen-bond donors (Lipinski definition) is 0. The van der Waals surface area contributed by atoms with E-state index in [1.54, 1.807) is 0 Å². The second kappa shape index (κ2) is 4.03. The van der Waals surface area contributed by atoms with Crippen LogP contribution in [0.15, 0.2) is 54.1 Å². The summed E-state index contributed by atoms with van der Waals surface area (Å²) < 4.78 is 0. The third-order valence-corrected chi connectivity index (χ3v) is 4.07. The van der Waals surface area contributed by atoms with Gasteiger partial charge in [0.25, 0.3) is 0 Å². The molecule has 3 rings (SSSR count). The van der Waals surface area contributed by atoms with Gasteiger partial charge in [-0.2, -0.15) is 0 Å². The van der Waals surface area contributed by atoms with Crippen LogP contribution in [0.2, 0.25) is 0 Å². The Kier molecular flexibility index (Phi) is 2.51. The van der Waals surface area contributed by atoms with Gasteiger partial charge in [-0.05, 0) is 41.5 Å². The molecule has 2 atom stereocenters. The lowest BCUT2D eigenvalue weighted by Crippen LogP contribution is -2.04. The van der Waals surface area contributed by atoms with Gasteiger partial charge in [0.05, 0.1) is 0 Å². The first-order valence-electron chi connectivity index (χ1n) is 6.42. The summed E-state index contributed by atoms with van der Waals surface area (Å²) in [4.78, 5) is 0. The van der Waals surface area contributed by atoms with Crippen molar-refractivity contribution in [2.75, 3.05) is 0 Å². The van der Waals surface area contributed by atoms with E-state index in [1.165, 1.54) is 28.7 Å². The van der Waals surface area contributed by atoms with Gasteiger partial charge < -0.3 is 0 Å². The van der Waals surface area contributed by atoms with Gasteiger partial charge >= 0.3 is 0 Å². The normalized spacial score (nSPS) is 26.5. The van der Waals surface area contributed by atoms with E-state index >= 15 is 0 Å². The van der Waals surface area contributed by atoms with Crippen molar-refractivity contribution in [3.05, 3.63) is 65.3 Å². The maximum Gasteiger partial charge on any atom is 0.00296 e. The van der Waals surface area contributed by atoms with Crippen molar-refractivity contribution in [3.63, 3.8) is 0 Å². The van der Waals surface area contributed by atoms with Gasteiger partial charge in [-0.15, -0.1) is 0 Å². The maximum absolute atomic E-state index is 2.35. The Morgan fingerprint density at radius 2 is 1.94 bits per heavy atom. The Balaban J connectivity index is 2.21. The predicted molar refractivity (Wildman–Crippen MR) is 73.8 cm³/mol. The van der Waals surface area contributed by atoms with Crippen LogP contribution in [0, 0.1) is 5.92 Å². The van der Waals surface area contributed by atoms with E-state index in [4.69, 9.17) is 0 Å². The maximum atomic E-state index is 2.35. The van der Waals surface area contributed by atoms with Gasteiger partial charge in [0, 0.05) is 5.92 Å². The molecule has 2 unspecified atom stereocenters. The van der Waals surface area contributed by atoms with E-state index in [-0.39, 0.29) is 0 Å². The molecule has 2 aliphatic rings. The van der Waals surface area contributed by atoms with E-state index in [0.29, 0.717) is 11.8 Å². The van der Waals surface area contributed by atoms with Gasteiger partial charge in [-0.25, -0.2) is 0 Å². The molecule has 0 heteroatoms. The van der Waals surface area contributed by atoms with Crippen LogP contribution in [0.4, 0.5) is 0 Å². The molecule has 0 saturated heterocycles. The van der Waals surface area contributed by atoms with Crippen molar-refractivity contribution in [3.8, 4) is 0 Å². The minimum Gasteiger partial charge on any atom is -0.0770 e. The van der Waals surface area contributed by atoms with Crippen molar-refractivity contribution >= 4 is 5.57 Å². The highest BCUT2D eigenvalue weighted by Gasteiger charge is 2.24. The van der Waals surface area contributed by atoms with Crippen LogP contribution < -0.4 is 0 Å². The molecular weight excluding hydrogens is 204 g/mol. The summed E-state index contributed by atoms with van der Waals surface area (Å²) in [5, 5.41) is 0. The molecule has 1 aromatic rings. The predicted octanol–water partition coefficient (Wildman–Crippen LogP) is 4.71. The minimum atomic E-state index is 0.599. The van der Waals surface area contributed by atoms with Crippen LogP contribution in [-0.2, 0) is 0 Å². The Morgan fingerprint density at radius 3 is 2.82 bits per heavy atom. The fourth-order valence-electron chi connectivity index (χ4n) is 3.12. The molecule has 0 radical (unpaired) electrons. The van der Waals surface area contributed by atoms with Crippen LogP contribution in [0.25, 0.3) is 5.57 Å². The number of fused-ring (bicyclic) bond motifs is 2. The van der Waals surface area contributed by atoms with Gasteiger partial charge in [-0.1, -0.05) is 55.5 Å². The molecule has 0 fully saturated rings. The number of hydrogen-bond acceptors (Lipinski definition) is 0. The molecule has 0 amide bonds.